The van der Waals surface area contributed by atoms with Crippen LogP contribution in [0, 0.1) is 0 Å². The first-order chi connectivity index (χ1) is 21.8. The molecule has 0 unspecified atom stereocenters. The number of para-hydroxylation sites is 2. The molecule has 9 aromatic rings. The van der Waals surface area contributed by atoms with Crippen LogP contribution in [-0.4, -0.2) is 19.5 Å². The van der Waals surface area contributed by atoms with Crippen LogP contribution in [0.5, 0.6) is 0 Å². The second-order valence-corrected chi connectivity index (χ2v) is 11.2. The molecule has 3 aromatic heterocycles. The van der Waals surface area contributed by atoms with Crippen molar-refractivity contribution in [2.45, 2.75) is 0 Å². The molecule has 44 heavy (non-hydrogen) atoms. The Bertz CT molecular complexity index is 2470. The van der Waals surface area contributed by atoms with Gasteiger partial charge in [0.25, 0.3) is 0 Å². The van der Waals surface area contributed by atoms with Gasteiger partial charge >= 0.3 is 0 Å². The maximum absolute atomic E-state index is 5.14. The van der Waals surface area contributed by atoms with Gasteiger partial charge in [0.1, 0.15) is 5.65 Å². The normalized spacial score (nSPS) is 11.6. The van der Waals surface area contributed by atoms with Crippen LogP contribution in [-0.2, 0) is 0 Å². The van der Waals surface area contributed by atoms with E-state index in [0.29, 0.717) is 5.82 Å². The smallest absolute Gasteiger partial charge is 0.162 e. The molecule has 0 saturated carbocycles. The lowest BCUT2D eigenvalue weighted by Crippen LogP contribution is -1.94. The second kappa shape index (κ2) is 9.79. The van der Waals surface area contributed by atoms with E-state index >= 15 is 0 Å². The summed E-state index contributed by atoms with van der Waals surface area (Å²) in [5, 5.41) is 4.63. The highest BCUT2D eigenvalue weighted by Crippen LogP contribution is 2.38. The molecule has 0 fully saturated rings. The van der Waals surface area contributed by atoms with Gasteiger partial charge in [0.05, 0.1) is 22.1 Å². The van der Waals surface area contributed by atoms with Gasteiger partial charge in [-0.2, -0.15) is 0 Å². The molecule has 4 heteroatoms. The number of nitrogens with one attached hydrogen (secondary N) is 1. The van der Waals surface area contributed by atoms with Gasteiger partial charge in [-0.1, -0.05) is 109 Å². The minimum Gasteiger partial charge on any atom is -0.339 e. The molecule has 3 heterocycles. The largest absolute Gasteiger partial charge is 0.339 e. The SMILES string of the molecule is c1ccc(-c2nc(-c3ccccc3)c3c(n2)[nH]c2ccc(-c4ccc5c(c4)c4ccccc4n5-c4ccccc4)cc23)cc1. The summed E-state index contributed by atoms with van der Waals surface area (Å²) in [4.78, 5) is 13.7. The quantitative estimate of drug-likeness (QED) is 0.232. The zero-order valence-electron chi connectivity index (χ0n) is 23.8. The zero-order valence-corrected chi connectivity index (χ0v) is 23.8. The van der Waals surface area contributed by atoms with Crippen molar-refractivity contribution in [2.24, 2.45) is 0 Å². The molecule has 0 aliphatic rings. The number of aromatic amines is 1. The van der Waals surface area contributed by atoms with Crippen molar-refractivity contribution in [1.29, 1.82) is 0 Å². The standard InChI is InChI=1S/C40H26N4/c1-4-12-26(13-5-1)38-37-33-25-28(20-22-34(33)41-40(37)43-39(42-38)27-14-6-2-7-15-27)29-21-23-36-32(24-29)31-18-10-11-19-35(31)44(36)30-16-8-3-9-17-30/h1-25H,(H,41,42,43). The van der Waals surface area contributed by atoms with E-state index < -0.39 is 0 Å². The molecule has 9 rings (SSSR count). The number of rotatable bonds is 4. The fourth-order valence-corrected chi connectivity index (χ4v) is 6.50. The van der Waals surface area contributed by atoms with Crippen LogP contribution in [0.25, 0.3) is 83.2 Å². The monoisotopic (exact) mass is 562 g/mol. The molecule has 0 radical (unpaired) electrons. The van der Waals surface area contributed by atoms with E-state index in [1.807, 2.05) is 24.3 Å². The van der Waals surface area contributed by atoms with Crippen LogP contribution < -0.4 is 0 Å². The number of benzene rings is 6. The van der Waals surface area contributed by atoms with Crippen molar-refractivity contribution < 1.29 is 0 Å². The van der Waals surface area contributed by atoms with E-state index in [1.165, 1.54) is 27.4 Å². The summed E-state index contributed by atoms with van der Waals surface area (Å²) in [6, 6.07) is 53.3. The van der Waals surface area contributed by atoms with Crippen LogP contribution in [0.4, 0.5) is 0 Å². The maximum atomic E-state index is 5.14. The Balaban J connectivity index is 1.26. The second-order valence-electron chi connectivity index (χ2n) is 11.2. The van der Waals surface area contributed by atoms with Crippen LogP contribution in [0.1, 0.15) is 0 Å². The Morgan fingerprint density at radius 2 is 1.07 bits per heavy atom. The third kappa shape index (κ3) is 3.85. The molecule has 1 N–H and O–H groups in total. The highest BCUT2D eigenvalue weighted by molar-refractivity contribution is 6.14. The van der Waals surface area contributed by atoms with Crippen LogP contribution >= 0.6 is 0 Å². The van der Waals surface area contributed by atoms with Gasteiger partial charge in [-0.25, -0.2) is 9.97 Å². The number of hydrogen-bond acceptors (Lipinski definition) is 2. The molecule has 0 saturated heterocycles. The Labute approximate surface area is 253 Å². The average molecular weight is 563 g/mol. The lowest BCUT2D eigenvalue weighted by Gasteiger charge is -2.09. The zero-order chi connectivity index (χ0) is 29.0. The minimum atomic E-state index is 0.712. The fourth-order valence-electron chi connectivity index (χ4n) is 6.50. The Morgan fingerprint density at radius 3 is 1.84 bits per heavy atom. The molecule has 6 aromatic carbocycles. The van der Waals surface area contributed by atoms with Crippen molar-refractivity contribution >= 4 is 43.7 Å². The van der Waals surface area contributed by atoms with E-state index in [9.17, 15) is 0 Å². The van der Waals surface area contributed by atoms with Crippen molar-refractivity contribution in [2.75, 3.05) is 0 Å². The van der Waals surface area contributed by atoms with E-state index in [2.05, 4.69) is 137 Å². The first kappa shape index (κ1) is 24.6. The fraction of sp³-hybridized carbons (Fsp3) is 0. The Hall–Kier alpha value is -6.00. The van der Waals surface area contributed by atoms with Crippen LogP contribution in [0.2, 0.25) is 0 Å². The average Bonchev–Trinajstić information content (AvgIpc) is 3.64. The van der Waals surface area contributed by atoms with Gasteiger partial charge in [-0.05, 0) is 53.6 Å². The van der Waals surface area contributed by atoms with Crippen molar-refractivity contribution in [3.63, 3.8) is 0 Å². The van der Waals surface area contributed by atoms with Crippen molar-refractivity contribution in [1.82, 2.24) is 19.5 Å². The van der Waals surface area contributed by atoms with Crippen LogP contribution in [0.3, 0.4) is 0 Å². The van der Waals surface area contributed by atoms with Crippen LogP contribution in [0.15, 0.2) is 152 Å². The van der Waals surface area contributed by atoms with Gasteiger partial charge in [0.2, 0.25) is 0 Å². The first-order valence-electron chi connectivity index (χ1n) is 14.9. The molecule has 0 aliphatic carbocycles. The Morgan fingerprint density at radius 1 is 0.455 bits per heavy atom. The lowest BCUT2D eigenvalue weighted by atomic mass is 9.99. The van der Waals surface area contributed by atoms with E-state index in [-0.39, 0.29) is 0 Å². The third-order valence-electron chi connectivity index (χ3n) is 8.55. The third-order valence-corrected chi connectivity index (χ3v) is 8.55. The summed E-state index contributed by atoms with van der Waals surface area (Å²) in [7, 11) is 0. The number of nitrogens with zero attached hydrogens (tertiary/aromatic N) is 3. The first-order valence-corrected chi connectivity index (χ1v) is 14.9. The minimum absolute atomic E-state index is 0.712. The van der Waals surface area contributed by atoms with Gasteiger partial charge in [0, 0.05) is 38.5 Å². The molecule has 0 atom stereocenters. The topological polar surface area (TPSA) is 46.5 Å². The lowest BCUT2D eigenvalue weighted by molar-refractivity contribution is 1.18. The summed E-state index contributed by atoms with van der Waals surface area (Å²) in [6.45, 7) is 0. The number of H-pyrrole nitrogens is 1. The molecule has 0 amide bonds. The molecule has 0 bridgehead atoms. The number of fused-ring (bicyclic) bond motifs is 6. The molecular weight excluding hydrogens is 536 g/mol. The number of aromatic nitrogens is 4. The van der Waals surface area contributed by atoms with E-state index in [1.54, 1.807) is 0 Å². The summed E-state index contributed by atoms with van der Waals surface area (Å²) in [5.74, 6) is 0.712. The summed E-state index contributed by atoms with van der Waals surface area (Å²) in [6.07, 6.45) is 0. The van der Waals surface area contributed by atoms with Gasteiger partial charge in [0.15, 0.2) is 5.82 Å². The van der Waals surface area contributed by atoms with Crippen molar-refractivity contribution in [3.05, 3.63) is 152 Å². The summed E-state index contributed by atoms with van der Waals surface area (Å²) in [5.41, 5.74) is 10.8. The van der Waals surface area contributed by atoms with Gasteiger partial charge in [-0.3, -0.25) is 0 Å². The predicted octanol–water partition coefficient (Wildman–Crippen LogP) is 10.2. The molecule has 4 nitrogen and oxygen atoms in total. The van der Waals surface area contributed by atoms with E-state index in [0.717, 1.165) is 50.0 Å². The summed E-state index contributed by atoms with van der Waals surface area (Å²) < 4.78 is 2.35. The van der Waals surface area contributed by atoms with Gasteiger partial charge < -0.3 is 9.55 Å². The molecule has 0 spiro atoms. The van der Waals surface area contributed by atoms with E-state index in [4.69, 9.17) is 9.97 Å². The predicted molar refractivity (Wildman–Crippen MR) is 182 cm³/mol. The molecule has 0 aliphatic heterocycles. The highest BCUT2D eigenvalue weighted by atomic mass is 15.0. The summed E-state index contributed by atoms with van der Waals surface area (Å²) >= 11 is 0. The molecule has 206 valence electrons. The highest BCUT2D eigenvalue weighted by Gasteiger charge is 2.18. The van der Waals surface area contributed by atoms with Gasteiger partial charge in [-0.15, -0.1) is 0 Å². The molecular formula is C40H26N4. The van der Waals surface area contributed by atoms with Crippen molar-refractivity contribution in [3.8, 4) is 39.5 Å². The maximum Gasteiger partial charge on any atom is 0.162 e. The number of hydrogen-bond donors (Lipinski definition) is 1. The Kier molecular flexibility index (Phi) is 5.47.